The zero-order valence-electron chi connectivity index (χ0n) is 15.1. The van der Waals surface area contributed by atoms with Crippen LogP contribution < -0.4 is 15.4 Å². The highest BCUT2D eigenvalue weighted by Gasteiger charge is 2.14. The Morgan fingerprint density at radius 2 is 1.82 bits per heavy atom. The normalized spacial score (nSPS) is 10.5. The van der Waals surface area contributed by atoms with E-state index in [0.29, 0.717) is 34.3 Å². The summed E-state index contributed by atoms with van der Waals surface area (Å²) in [4.78, 5) is 29.6. The minimum atomic E-state index is -0.503. The summed E-state index contributed by atoms with van der Waals surface area (Å²) in [5.41, 5.74) is 6.99. The number of anilines is 1. The van der Waals surface area contributed by atoms with Gasteiger partial charge in [0.05, 0.1) is 12.1 Å². The van der Waals surface area contributed by atoms with E-state index >= 15 is 0 Å². The van der Waals surface area contributed by atoms with E-state index in [0.717, 1.165) is 5.01 Å². The summed E-state index contributed by atoms with van der Waals surface area (Å²) in [6, 6.07) is 13.7. The third-order valence-corrected chi connectivity index (χ3v) is 5.14. The van der Waals surface area contributed by atoms with Crippen molar-refractivity contribution in [1.29, 1.82) is 0 Å². The molecule has 0 saturated heterocycles. The summed E-state index contributed by atoms with van der Waals surface area (Å²) in [6.45, 7) is 0.324. The summed E-state index contributed by atoms with van der Waals surface area (Å²) in [5.74, 6) is 0.0926. The van der Waals surface area contributed by atoms with Crippen LogP contribution in [0.25, 0.3) is 0 Å². The fourth-order valence-corrected chi connectivity index (χ4v) is 3.27. The van der Waals surface area contributed by atoms with Crippen molar-refractivity contribution in [2.24, 2.45) is 5.73 Å². The Hall–Kier alpha value is -2.90. The van der Waals surface area contributed by atoms with Crippen LogP contribution in [-0.4, -0.2) is 23.8 Å². The van der Waals surface area contributed by atoms with Gasteiger partial charge in [-0.05, 0) is 48.5 Å². The maximum Gasteiger partial charge on any atom is 0.248 e. The van der Waals surface area contributed by atoms with Crippen LogP contribution in [0.4, 0.5) is 5.69 Å². The molecule has 2 aromatic carbocycles. The summed E-state index contributed by atoms with van der Waals surface area (Å²) >= 11 is 7.29. The van der Waals surface area contributed by atoms with Crippen molar-refractivity contribution in [3.05, 3.63) is 75.2 Å². The number of benzene rings is 2. The Morgan fingerprint density at radius 3 is 2.46 bits per heavy atom. The van der Waals surface area contributed by atoms with E-state index < -0.39 is 5.91 Å². The first kappa shape index (κ1) is 19.9. The van der Waals surface area contributed by atoms with Crippen LogP contribution in [0.2, 0.25) is 5.02 Å². The molecule has 0 saturated carbocycles. The minimum Gasteiger partial charge on any atom is -0.486 e. The standard InChI is InChI=1S/C20H18ClN3O3S/c1-24(16-6-2-13(3-7-16)20(22)26)19(25)10-15-12-28-18(23-15)11-27-17-8-4-14(21)5-9-17/h2-9,12H,10-11H2,1H3,(H2,22,26). The van der Waals surface area contributed by atoms with E-state index in [-0.39, 0.29) is 12.3 Å². The predicted molar refractivity (Wildman–Crippen MR) is 110 cm³/mol. The number of rotatable bonds is 7. The zero-order chi connectivity index (χ0) is 20.1. The molecule has 0 aliphatic carbocycles. The van der Waals surface area contributed by atoms with Gasteiger partial charge in [-0.15, -0.1) is 11.3 Å². The average molecular weight is 416 g/mol. The molecule has 0 radical (unpaired) electrons. The second-order valence-corrected chi connectivity index (χ2v) is 7.39. The van der Waals surface area contributed by atoms with Gasteiger partial charge >= 0.3 is 0 Å². The van der Waals surface area contributed by atoms with Gasteiger partial charge in [0, 0.05) is 28.7 Å². The highest BCUT2D eigenvalue weighted by atomic mass is 35.5. The lowest BCUT2D eigenvalue weighted by atomic mass is 10.2. The van der Waals surface area contributed by atoms with Gasteiger partial charge in [0.15, 0.2) is 0 Å². The lowest BCUT2D eigenvalue weighted by Crippen LogP contribution is -2.28. The molecule has 2 N–H and O–H groups in total. The van der Waals surface area contributed by atoms with Gasteiger partial charge < -0.3 is 15.4 Å². The van der Waals surface area contributed by atoms with Crippen LogP contribution in [0, 0.1) is 0 Å². The van der Waals surface area contributed by atoms with Crippen molar-refractivity contribution in [2.45, 2.75) is 13.0 Å². The number of likely N-dealkylation sites (N-methyl/N-ethyl adjacent to an activating group) is 1. The van der Waals surface area contributed by atoms with E-state index in [2.05, 4.69) is 4.98 Å². The average Bonchev–Trinajstić information content (AvgIpc) is 3.14. The molecule has 1 aromatic heterocycles. The molecule has 8 heteroatoms. The van der Waals surface area contributed by atoms with Gasteiger partial charge in [-0.1, -0.05) is 11.6 Å². The van der Waals surface area contributed by atoms with Gasteiger partial charge in [0.2, 0.25) is 11.8 Å². The van der Waals surface area contributed by atoms with Crippen molar-refractivity contribution in [3.63, 3.8) is 0 Å². The lowest BCUT2D eigenvalue weighted by Gasteiger charge is -2.17. The number of thiazole rings is 1. The maximum atomic E-state index is 12.5. The molecule has 144 valence electrons. The third kappa shape index (κ3) is 5.09. The highest BCUT2D eigenvalue weighted by Crippen LogP contribution is 2.19. The topological polar surface area (TPSA) is 85.5 Å². The lowest BCUT2D eigenvalue weighted by molar-refractivity contribution is -0.117. The molecule has 0 bridgehead atoms. The van der Waals surface area contributed by atoms with Crippen LogP contribution in [0.1, 0.15) is 21.1 Å². The van der Waals surface area contributed by atoms with Crippen molar-refractivity contribution >= 4 is 40.4 Å². The highest BCUT2D eigenvalue weighted by molar-refractivity contribution is 7.09. The Morgan fingerprint density at radius 1 is 1.14 bits per heavy atom. The molecule has 0 aliphatic heterocycles. The first-order valence-electron chi connectivity index (χ1n) is 8.40. The number of hydrogen-bond donors (Lipinski definition) is 1. The number of carbonyl (C=O) groups is 2. The van der Waals surface area contributed by atoms with E-state index in [1.807, 2.05) is 5.38 Å². The second-order valence-electron chi connectivity index (χ2n) is 6.02. The van der Waals surface area contributed by atoms with Gasteiger partial charge in [-0.2, -0.15) is 0 Å². The molecular weight excluding hydrogens is 398 g/mol. The number of carbonyl (C=O) groups excluding carboxylic acids is 2. The van der Waals surface area contributed by atoms with Crippen LogP contribution in [0.15, 0.2) is 53.9 Å². The van der Waals surface area contributed by atoms with E-state index in [1.54, 1.807) is 55.6 Å². The molecule has 0 fully saturated rings. The zero-order valence-corrected chi connectivity index (χ0v) is 16.7. The van der Waals surface area contributed by atoms with E-state index in [9.17, 15) is 9.59 Å². The first-order valence-corrected chi connectivity index (χ1v) is 9.66. The molecule has 0 spiro atoms. The molecule has 0 atom stereocenters. The monoisotopic (exact) mass is 415 g/mol. The van der Waals surface area contributed by atoms with E-state index in [1.165, 1.54) is 16.2 Å². The Labute approximate surface area is 171 Å². The maximum absolute atomic E-state index is 12.5. The molecule has 3 rings (SSSR count). The van der Waals surface area contributed by atoms with E-state index in [4.69, 9.17) is 22.1 Å². The molecule has 1 heterocycles. The molecule has 0 aliphatic rings. The molecule has 28 heavy (non-hydrogen) atoms. The first-order chi connectivity index (χ1) is 13.4. The number of primary amides is 1. The van der Waals surface area contributed by atoms with Gasteiger partial charge in [0.1, 0.15) is 17.4 Å². The fourth-order valence-electron chi connectivity index (χ4n) is 2.44. The summed E-state index contributed by atoms with van der Waals surface area (Å²) < 4.78 is 5.67. The number of nitrogens with zero attached hydrogens (tertiary/aromatic N) is 2. The third-order valence-electron chi connectivity index (χ3n) is 4.02. The number of hydrogen-bond acceptors (Lipinski definition) is 5. The Balaban J connectivity index is 1.56. The number of halogens is 1. The smallest absolute Gasteiger partial charge is 0.248 e. The second kappa shape index (κ2) is 8.86. The SMILES string of the molecule is CN(C(=O)Cc1csc(COc2ccc(Cl)cc2)n1)c1ccc(C(N)=O)cc1. The van der Waals surface area contributed by atoms with Crippen molar-refractivity contribution in [1.82, 2.24) is 4.98 Å². The minimum absolute atomic E-state index is 0.109. The molecule has 0 unspecified atom stereocenters. The van der Waals surface area contributed by atoms with Crippen LogP contribution >= 0.6 is 22.9 Å². The molecular formula is C20H18ClN3O3S. The summed E-state index contributed by atoms with van der Waals surface area (Å²) in [7, 11) is 1.68. The molecule has 3 aromatic rings. The fraction of sp³-hybridized carbons (Fsp3) is 0.150. The van der Waals surface area contributed by atoms with Crippen LogP contribution in [-0.2, 0) is 17.8 Å². The quantitative estimate of drug-likeness (QED) is 0.637. The van der Waals surface area contributed by atoms with Crippen LogP contribution in [0.3, 0.4) is 0 Å². The number of amides is 2. The van der Waals surface area contributed by atoms with Crippen molar-refractivity contribution in [2.75, 3.05) is 11.9 Å². The summed E-state index contributed by atoms with van der Waals surface area (Å²) in [5, 5.41) is 3.28. The Bertz CT molecular complexity index is 971. The number of aromatic nitrogens is 1. The molecule has 2 amide bonds. The molecule has 6 nitrogen and oxygen atoms in total. The van der Waals surface area contributed by atoms with Gasteiger partial charge in [-0.25, -0.2) is 4.98 Å². The van der Waals surface area contributed by atoms with Gasteiger partial charge in [0.25, 0.3) is 0 Å². The number of ether oxygens (including phenoxy) is 1. The Kier molecular flexibility index (Phi) is 6.28. The van der Waals surface area contributed by atoms with Crippen molar-refractivity contribution in [3.8, 4) is 5.75 Å². The summed E-state index contributed by atoms with van der Waals surface area (Å²) in [6.07, 6.45) is 0.172. The largest absolute Gasteiger partial charge is 0.486 e. The van der Waals surface area contributed by atoms with Crippen LogP contribution in [0.5, 0.6) is 5.75 Å². The predicted octanol–water partition coefficient (Wildman–Crippen LogP) is 3.68. The van der Waals surface area contributed by atoms with Crippen molar-refractivity contribution < 1.29 is 14.3 Å². The van der Waals surface area contributed by atoms with Gasteiger partial charge in [-0.3, -0.25) is 9.59 Å². The number of nitrogens with two attached hydrogens (primary N) is 1.